The standard InChI is InChI=1S/C27H41N5O8/c1-26(2,14-16-35-25(34)40-32(30)23-13-9-7-11-21(23)29)37-17-15-27(3,4)38-19-18-36-24(33)39-31(5)22-12-8-6-10-20(22)28/h6-13H,14-19,28-30H2,1-5H3. The van der Waals surface area contributed by atoms with Crippen LogP contribution in [-0.4, -0.2) is 57.0 Å². The molecule has 0 spiro atoms. The summed E-state index contributed by atoms with van der Waals surface area (Å²) < 4.78 is 22.0. The summed E-state index contributed by atoms with van der Waals surface area (Å²) in [6, 6.07) is 13.7. The topological polar surface area (TPSA) is 174 Å². The molecule has 6 N–H and O–H groups in total. The molecule has 40 heavy (non-hydrogen) atoms. The lowest BCUT2D eigenvalue weighted by atomic mass is 10.0. The number of hydroxylamine groups is 1. The molecule has 0 aliphatic rings. The van der Waals surface area contributed by atoms with Gasteiger partial charge in [0.15, 0.2) is 0 Å². The van der Waals surface area contributed by atoms with Crippen molar-refractivity contribution in [2.75, 3.05) is 55.2 Å². The van der Waals surface area contributed by atoms with Gasteiger partial charge in [-0.1, -0.05) is 24.3 Å². The molecule has 0 unspecified atom stereocenters. The van der Waals surface area contributed by atoms with Crippen LogP contribution in [0.1, 0.15) is 40.5 Å². The van der Waals surface area contributed by atoms with Gasteiger partial charge in [0.05, 0.1) is 48.1 Å². The fourth-order valence-corrected chi connectivity index (χ4v) is 3.35. The van der Waals surface area contributed by atoms with Gasteiger partial charge in [0.1, 0.15) is 12.3 Å². The van der Waals surface area contributed by atoms with Gasteiger partial charge in [-0.3, -0.25) is 4.84 Å². The van der Waals surface area contributed by atoms with E-state index in [2.05, 4.69) is 0 Å². The van der Waals surface area contributed by atoms with E-state index in [0.717, 1.165) is 5.17 Å². The van der Waals surface area contributed by atoms with Crippen molar-refractivity contribution in [2.45, 2.75) is 51.7 Å². The number of carbonyl (C=O) groups excluding carboxylic acids is 2. The van der Waals surface area contributed by atoms with Crippen LogP contribution in [0.2, 0.25) is 0 Å². The number of hydrazine groups is 1. The van der Waals surface area contributed by atoms with Gasteiger partial charge in [-0.05, 0) is 58.4 Å². The van der Waals surface area contributed by atoms with Crippen LogP contribution >= 0.6 is 0 Å². The first-order valence-electron chi connectivity index (χ1n) is 12.7. The normalized spacial score (nSPS) is 11.4. The molecule has 0 amide bonds. The number of nitrogen functional groups attached to an aromatic ring is 2. The molecule has 0 heterocycles. The monoisotopic (exact) mass is 563 g/mol. The van der Waals surface area contributed by atoms with E-state index in [4.69, 9.17) is 45.9 Å². The highest BCUT2D eigenvalue weighted by molar-refractivity contribution is 5.69. The Morgan fingerprint density at radius 2 is 1.18 bits per heavy atom. The number of ether oxygens (including phenoxy) is 4. The highest BCUT2D eigenvalue weighted by atomic mass is 16.8. The molecule has 0 atom stereocenters. The third-order valence-corrected chi connectivity index (χ3v) is 5.75. The second kappa shape index (κ2) is 15.0. The van der Waals surface area contributed by atoms with Crippen LogP contribution in [0.25, 0.3) is 0 Å². The molecular weight excluding hydrogens is 522 g/mol. The number of hydrogen-bond donors (Lipinski definition) is 3. The molecule has 0 saturated heterocycles. The Morgan fingerprint density at radius 3 is 1.77 bits per heavy atom. The fraction of sp³-hybridized carbons (Fsp3) is 0.481. The molecular formula is C27H41N5O8. The minimum Gasteiger partial charge on any atom is -0.433 e. The van der Waals surface area contributed by atoms with Crippen LogP contribution in [0.4, 0.5) is 32.3 Å². The summed E-state index contributed by atoms with van der Waals surface area (Å²) >= 11 is 0. The summed E-state index contributed by atoms with van der Waals surface area (Å²) in [4.78, 5) is 33.9. The van der Waals surface area contributed by atoms with Gasteiger partial charge in [-0.15, -0.1) is 5.17 Å². The van der Waals surface area contributed by atoms with Gasteiger partial charge >= 0.3 is 12.3 Å². The van der Waals surface area contributed by atoms with Crippen molar-refractivity contribution in [3.8, 4) is 0 Å². The van der Waals surface area contributed by atoms with E-state index in [9.17, 15) is 9.59 Å². The Bertz CT molecular complexity index is 1100. The Balaban J connectivity index is 1.60. The summed E-state index contributed by atoms with van der Waals surface area (Å²) in [5, 5.41) is 2.00. The summed E-state index contributed by atoms with van der Waals surface area (Å²) in [7, 11) is 1.56. The molecule has 2 aromatic carbocycles. The van der Waals surface area contributed by atoms with Crippen LogP contribution in [0.15, 0.2) is 48.5 Å². The number of hydrogen-bond acceptors (Lipinski definition) is 13. The third kappa shape index (κ3) is 11.4. The maximum absolute atomic E-state index is 12.0. The minimum atomic E-state index is -0.960. The Labute approximate surface area is 234 Å². The molecule has 0 aromatic heterocycles. The van der Waals surface area contributed by atoms with E-state index in [-0.39, 0.29) is 19.8 Å². The predicted molar refractivity (Wildman–Crippen MR) is 151 cm³/mol. The number of anilines is 4. The van der Waals surface area contributed by atoms with Crippen molar-refractivity contribution < 1.29 is 38.2 Å². The zero-order valence-corrected chi connectivity index (χ0v) is 23.8. The van der Waals surface area contributed by atoms with Crippen LogP contribution in [-0.2, 0) is 28.6 Å². The van der Waals surface area contributed by atoms with E-state index in [1.165, 1.54) is 5.06 Å². The zero-order chi connectivity index (χ0) is 29.8. The fourth-order valence-electron chi connectivity index (χ4n) is 3.35. The van der Waals surface area contributed by atoms with E-state index in [0.29, 0.717) is 42.2 Å². The maximum Gasteiger partial charge on any atom is 0.534 e. The molecule has 0 bridgehead atoms. The Hall–Kier alpha value is -3.94. The third-order valence-electron chi connectivity index (χ3n) is 5.75. The van der Waals surface area contributed by atoms with Crippen molar-refractivity contribution in [1.29, 1.82) is 0 Å². The number of para-hydroxylation sites is 4. The first kappa shape index (κ1) is 32.3. The average Bonchev–Trinajstić information content (AvgIpc) is 2.86. The second-order valence-electron chi connectivity index (χ2n) is 10.0. The summed E-state index contributed by atoms with van der Waals surface area (Å²) in [6.45, 7) is 8.21. The van der Waals surface area contributed by atoms with E-state index < -0.39 is 23.5 Å². The second-order valence-corrected chi connectivity index (χ2v) is 10.0. The van der Waals surface area contributed by atoms with E-state index >= 15 is 0 Å². The van der Waals surface area contributed by atoms with Crippen molar-refractivity contribution in [1.82, 2.24) is 0 Å². The van der Waals surface area contributed by atoms with E-state index in [1.54, 1.807) is 55.6 Å². The van der Waals surface area contributed by atoms with Gasteiger partial charge in [0.25, 0.3) is 0 Å². The number of nitrogens with zero attached hydrogens (tertiary/aromatic N) is 2. The first-order valence-corrected chi connectivity index (χ1v) is 12.7. The van der Waals surface area contributed by atoms with Crippen molar-refractivity contribution >= 4 is 35.1 Å². The lowest BCUT2D eigenvalue weighted by Gasteiger charge is -2.29. The van der Waals surface area contributed by atoms with Crippen molar-refractivity contribution in [3.63, 3.8) is 0 Å². The molecule has 222 valence electrons. The van der Waals surface area contributed by atoms with Crippen molar-refractivity contribution in [2.24, 2.45) is 5.84 Å². The van der Waals surface area contributed by atoms with Gasteiger partial charge in [-0.2, -0.15) is 0 Å². The number of benzene rings is 2. The molecule has 2 aromatic rings. The van der Waals surface area contributed by atoms with Crippen molar-refractivity contribution in [3.05, 3.63) is 48.5 Å². The zero-order valence-electron chi connectivity index (χ0n) is 23.8. The molecule has 13 nitrogen and oxygen atoms in total. The SMILES string of the molecule is CN(OC(=O)OCCOC(C)(C)CCOC(C)(C)CCOC(=O)ON(N)c1ccccc1N)c1ccccc1N. The average molecular weight is 564 g/mol. The molecule has 0 aliphatic heterocycles. The lowest BCUT2D eigenvalue weighted by molar-refractivity contribution is -0.0867. The largest absolute Gasteiger partial charge is 0.534 e. The van der Waals surface area contributed by atoms with Crippen LogP contribution in [0, 0.1) is 0 Å². The Kier molecular flexibility index (Phi) is 12.1. The number of rotatable bonds is 15. The number of nitrogens with two attached hydrogens (primary N) is 3. The van der Waals surface area contributed by atoms with Gasteiger partial charge in [0.2, 0.25) is 0 Å². The molecule has 13 heteroatoms. The Morgan fingerprint density at radius 1 is 0.700 bits per heavy atom. The van der Waals surface area contributed by atoms with Gasteiger partial charge in [-0.25, -0.2) is 20.5 Å². The summed E-state index contributed by atoms with van der Waals surface area (Å²) in [5.74, 6) is 5.72. The molecule has 2 rings (SSSR count). The molecule has 0 saturated carbocycles. The van der Waals surface area contributed by atoms with Crippen LogP contribution in [0.3, 0.4) is 0 Å². The van der Waals surface area contributed by atoms with Gasteiger partial charge in [0, 0.05) is 13.5 Å². The highest BCUT2D eigenvalue weighted by Gasteiger charge is 2.24. The van der Waals surface area contributed by atoms with E-state index in [1.807, 2.05) is 27.7 Å². The summed E-state index contributed by atoms with van der Waals surface area (Å²) in [5.41, 5.74) is 12.3. The van der Waals surface area contributed by atoms with Crippen LogP contribution < -0.4 is 27.5 Å². The maximum atomic E-state index is 12.0. The molecule has 0 aliphatic carbocycles. The molecule has 0 radical (unpaired) electrons. The van der Waals surface area contributed by atoms with Crippen LogP contribution in [0.5, 0.6) is 0 Å². The quantitative estimate of drug-likeness (QED) is 0.0926. The van der Waals surface area contributed by atoms with Gasteiger partial charge < -0.3 is 35.3 Å². The highest BCUT2D eigenvalue weighted by Crippen LogP contribution is 2.23. The first-order chi connectivity index (χ1) is 18.8. The molecule has 0 fully saturated rings. The number of carbonyl (C=O) groups is 2. The lowest BCUT2D eigenvalue weighted by Crippen LogP contribution is -2.35. The smallest absolute Gasteiger partial charge is 0.433 e. The summed E-state index contributed by atoms with van der Waals surface area (Å²) in [6.07, 6.45) is -0.842. The predicted octanol–water partition coefficient (Wildman–Crippen LogP) is 4.17. The minimum absolute atomic E-state index is 0.0112.